The van der Waals surface area contributed by atoms with E-state index < -0.39 is 5.91 Å². The minimum absolute atomic E-state index is 0.0520. The monoisotopic (exact) mass is 377 g/mol. The number of amides is 1. The summed E-state index contributed by atoms with van der Waals surface area (Å²) >= 11 is 1.39. The summed E-state index contributed by atoms with van der Waals surface area (Å²) in [5.74, 6) is -0.531. The minimum atomic E-state index is -0.435. The van der Waals surface area contributed by atoms with Crippen LogP contribution in [0.4, 0.5) is 5.69 Å². The number of thiophene rings is 1. The van der Waals surface area contributed by atoms with E-state index in [4.69, 9.17) is 5.73 Å². The molecule has 0 radical (unpaired) electrons. The lowest BCUT2D eigenvalue weighted by Gasteiger charge is -2.08. The molecular weight excluding hydrogens is 362 g/mol. The Labute approximate surface area is 158 Å². The number of hydrogen-bond donors (Lipinski definition) is 2. The van der Waals surface area contributed by atoms with Crippen molar-refractivity contribution in [2.24, 2.45) is 5.73 Å². The number of carbonyl (C=O) groups is 2. The number of nitrogens with two attached hydrogens (primary N) is 1. The second-order valence-electron chi connectivity index (χ2n) is 5.83. The molecule has 0 fully saturated rings. The maximum atomic E-state index is 12.7. The molecule has 0 atom stereocenters. The number of aromatic nitrogens is 3. The van der Waals surface area contributed by atoms with E-state index in [1.54, 1.807) is 23.0 Å². The zero-order valence-electron chi connectivity index (χ0n) is 14.1. The fraction of sp³-hybridized carbons (Fsp3) is 0.0526. The molecule has 0 unspecified atom stereocenters. The second-order valence-corrected chi connectivity index (χ2v) is 6.78. The molecule has 27 heavy (non-hydrogen) atoms. The van der Waals surface area contributed by atoms with Gasteiger partial charge in [0.25, 0.3) is 0 Å². The molecule has 3 aromatic heterocycles. The van der Waals surface area contributed by atoms with E-state index in [1.807, 2.05) is 41.8 Å². The summed E-state index contributed by atoms with van der Waals surface area (Å²) in [6.07, 6.45) is 3.20. The SMILES string of the molecule is NC(=O)CNc1cccc(-c2ccnc3c(C(=O)c4cccs4)cnn23)c1. The van der Waals surface area contributed by atoms with Gasteiger partial charge in [-0.2, -0.15) is 5.10 Å². The van der Waals surface area contributed by atoms with Crippen molar-refractivity contribution < 1.29 is 9.59 Å². The Hall–Kier alpha value is -3.52. The first-order chi connectivity index (χ1) is 13.1. The van der Waals surface area contributed by atoms with Gasteiger partial charge >= 0.3 is 0 Å². The number of anilines is 1. The maximum absolute atomic E-state index is 12.7. The van der Waals surface area contributed by atoms with E-state index in [-0.39, 0.29) is 12.3 Å². The molecule has 3 N–H and O–H groups in total. The number of ketones is 1. The van der Waals surface area contributed by atoms with E-state index in [0.717, 1.165) is 16.9 Å². The smallest absolute Gasteiger partial charge is 0.236 e. The largest absolute Gasteiger partial charge is 0.376 e. The first-order valence-corrected chi connectivity index (χ1v) is 9.05. The van der Waals surface area contributed by atoms with Gasteiger partial charge in [0, 0.05) is 17.4 Å². The molecule has 0 aliphatic heterocycles. The number of fused-ring (bicyclic) bond motifs is 1. The van der Waals surface area contributed by atoms with Gasteiger partial charge in [0.1, 0.15) is 0 Å². The molecule has 0 aliphatic rings. The first kappa shape index (κ1) is 16.9. The summed E-state index contributed by atoms with van der Waals surface area (Å²) in [5, 5.41) is 9.21. The molecule has 1 amide bonds. The fourth-order valence-electron chi connectivity index (χ4n) is 2.79. The topological polar surface area (TPSA) is 102 Å². The third kappa shape index (κ3) is 3.30. The van der Waals surface area contributed by atoms with Gasteiger partial charge < -0.3 is 11.1 Å². The quantitative estimate of drug-likeness (QED) is 0.503. The Kier molecular flexibility index (Phi) is 4.39. The number of nitrogens with zero attached hydrogens (tertiary/aromatic N) is 3. The van der Waals surface area contributed by atoms with E-state index in [2.05, 4.69) is 15.4 Å². The van der Waals surface area contributed by atoms with Crippen molar-refractivity contribution in [3.05, 3.63) is 70.7 Å². The molecule has 7 nitrogen and oxygen atoms in total. The van der Waals surface area contributed by atoms with Gasteiger partial charge in [0.2, 0.25) is 11.7 Å². The van der Waals surface area contributed by atoms with E-state index >= 15 is 0 Å². The molecule has 134 valence electrons. The Morgan fingerprint density at radius 1 is 1.19 bits per heavy atom. The van der Waals surface area contributed by atoms with Crippen LogP contribution < -0.4 is 11.1 Å². The lowest BCUT2D eigenvalue weighted by Crippen LogP contribution is -2.21. The van der Waals surface area contributed by atoms with Crippen molar-refractivity contribution in [1.82, 2.24) is 14.6 Å². The van der Waals surface area contributed by atoms with Crippen molar-refractivity contribution in [3.63, 3.8) is 0 Å². The Morgan fingerprint density at radius 3 is 2.85 bits per heavy atom. The minimum Gasteiger partial charge on any atom is -0.376 e. The van der Waals surface area contributed by atoms with Crippen LogP contribution in [0.1, 0.15) is 15.2 Å². The summed E-state index contributed by atoms with van der Waals surface area (Å²) in [7, 11) is 0. The van der Waals surface area contributed by atoms with Gasteiger partial charge in [-0.25, -0.2) is 9.50 Å². The predicted molar refractivity (Wildman–Crippen MR) is 104 cm³/mol. The van der Waals surface area contributed by atoms with Crippen molar-refractivity contribution in [2.75, 3.05) is 11.9 Å². The molecule has 3 heterocycles. The third-order valence-corrected chi connectivity index (χ3v) is 4.88. The maximum Gasteiger partial charge on any atom is 0.236 e. The van der Waals surface area contributed by atoms with Gasteiger partial charge in [0.05, 0.1) is 28.9 Å². The summed E-state index contributed by atoms with van der Waals surface area (Å²) < 4.78 is 1.65. The van der Waals surface area contributed by atoms with Gasteiger partial charge in [0.15, 0.2) is 5.65 Å². The number of rotatable bonds is 6. The van der Waals surface area contributed by atoms with Gasteiger partial charge in [-0.3, -0.25) is 9.59 Å². The van der Waals surface area contributed by atoms with Gasteiger partial charge in [-0.05, 0) is 29.6 Å². The standard InChI is InChI=1S/C19H15N5O2S/c20-17(25)11-22-13-4-1-3-12(9-13)15-6-7-21-19-14(10-23-24(15)19)18(26)16-5-2-8-27-16/h1-10,22H,11H2,(H2,20,25). The first-order valence-electron chi connectivity index (χ1n) is 8.17. The highest BCUT2D eigenvalue weighted by Gasteiger charge is 2.18. The zero-order chi connectivity index (χ0) is 18.8. The number of primary amides is 1. The van der Waals surface area contributed by atoms with Crippen LogP contribution in [0.5, 0.6) is 0 Å². The highest BCUT2D eigenvalue weighted by molar-refractivity contribution is 7.12. The third-order valence-electron chi connectivity index (χ3n) is 4.02. The number of hydrogen-bond acceptors (Lipinski definition) is 6. The fourth-order valence-corrected chi connectivity index (χ4v) is 3.47. The molecular formula is C19H15N5O2S. The van der Waals surface area contributed by atoms with Crippen LogP contribution in [-0.4, -0.2) is 32.8 Å². The molecule has 1 aromatic carbocycles. The van der Waals surface area contributed by atoms with Crippen LogP contribution in [0, 0.1) is 0 Å². The number of carbonyl (C=O) groups excluding carboxylic acids is 2. The van der Waals surface area contributed by atoms with E-state index in [9.17, 15) is 9.59 Å². The highest BCUT2D eigenvalue weighted by atomic mass is 32.1. The van der Waals surface area contributed by atoms with Crippen molar-refractivity contribution in [3.8, 4) is 11.3 Å². The van der Waals surface area contributed by atoms with Crippen LogP contribution in [0.15, 0.2) is 60.2 Å². The van der Waals surface area contributed by atoms with Gasteiger partial charge in [-0.15, -0.1) is 11.3 Å². The zero-order valence-corrected chi connectivity index (χ0v) is 14.9. The molecule has 0 saturated heterocycles. The molecule has 0 spiro atoms. The van der Waals surface area contributed by atoms with Crippen molar-refractivity contribution in [1.29, 1.82) is 0 Å². The van der Waals surface area contributed by atoms with Crippen molar-refractivity contribution >= 4 is 34.4 Å². The lowest BCUT2D eigenvalue weighted by molar-refractivity contribution is -0.116. The van der Waals surface area contributed by atoms with Crippen LogP contribution in [0.25, 0.3) is 16.9 Å². The Bertz CT molecular complexity index is 1130. The highest BCUT2D eigenvalue weighted by Crippen LogP contribution is 2.25. The predicted octanol–water partition coefficient (Wildman–Crippen LogP) is 2.59. The van der Waals surface area contributed by atoms with Crippen molar-refractivity contribution in [2.45, 2.75) is 0 Å². The summed E-state index contributed by atoms with van der Waals surface area (Å²) in [4.78, 5) is 28.7. The molecule has 0 saturated carbocycles. The van der Waals surface area contributed by atoms with Crippen LogP contribution in [0.2, 0.25) is 0 Å². The summed E-state index contributed by atoms with van der Waals surface area (Å²) in [6.45, 7) is 0.0520. The van der Waals surface area contributed by atoms with Crippen LogP contribution in [-0.2, 0) is 4.79 Å². The number of benzene rings is 1. The average Bonchev–Trinajstić information content (AvgIpc) is 3.36. The van der Waals surface area contributed by atoms with Gasteiger partial charge in [-0.1, -0.05) is 18.2 Å². The van der Waals surface area contributed by atoms with Crippen LogP contribution >= 0.6 is 11.3 Å². The lowest BCUT2D eigenvalue weighted by atomic mass is 10.1. The second kappa shape index (κ2) is 7.00. The normalized spacial score (nSPS) is 10.8. The van der Waals surface area contributed by atoms with E-state index in [0.29, 0.717) is 16.1 Å². The average molecular weight is 377 g/mol. The number of nitrogens with one attached hydrogen (secondary N) is 1. The molecule has 4 rings (SSSR count). The molecule has 8 heteroatoms. The summed E-state index contributed by atoms with van der Waals surface area (Å²) in [5.41, 5.74) is 8.56. The summed E-state index contributed by atoms with van der Waals surface area (Å²) in [6, 6.07) is 13.0. The Morgan fingerprint density at radius 2 is 2.07 bits per heavy atom. The van der Waals surface area contributed by atoms with E-state index in [1.165, 1.54) is 11.3 Å². The molecule has 0 aliphatic carbocycles. The molecule has 4 aromatic rings. The van der Waals surface area contributed by atoms with Crippen LogP contribution in [0.3, 0.4) is 0 Å². The molecule has 0 bridgehead atoms. The Balaban J connectivity index is 1.75.